The predicted molar refractivity (Wildman–Crippen MR) is 207 cm³/mol. The Labute approximate surface area is 323 Å². The third-order valence-corrected chi connectivity index (χ3v) is 10.9. The van der Waals surface area contributed by atoms with Crippen molar-refractivity contribution in [3.8, 4) is 28.7 Å². The first-order chi connectivity index (χ1) is 27.1. The first-order valence-electron chi connectivity index (χ1n) is 19.1. The number of nitrogens with one attached hydrogen (secondary N) is 1. The molecule has 0 bridgehead atoms. The second kappa shape index (κ2) is 16.1. The van der Waals surface area contributed by atoms with E-state index in [2.05, 4.69) is 19.9 Å². The Morgan fingerprint density at radius 2 is 1.00 bits per heavy atom. The summed E-state index contributed by atoms with van der Waals surface area (Å²) in [6.07, 6.45) is -1.81. The van der Waals surface area contributed by atoms with Crippen LogP contribution in [-0.2, 0) is 6.54 Å². The molecule has 2 aliphatic heterocycles. The van der Waals surface area contributed by atoms with Crippen molar-refractivity contribution >= 4 is 22.7 Å². The number of hydrogen-bond acceptors (Lipinski definition) is 9. The molecule has 2 aliphatic carbocycles. The van der Waals surface area contributed by atoms with Crippen LogP contribution in [0.1, 0.15) is 44.1 Å². The van der Waals surface area contributed by atoms with Gasteiger partial charge < -0.3 is 44.6 Å². The Balaban J connectivity index is 0.000000172. The van der Waals surface area contributed by atoms with Crippen LogP contribution in [-0.4, -0.2) is 58.1 Å². The standard InChI is InChI=1S/C26H25F3N2O3.C18H19NO3/c27-26(28,29)34-18-14-12-17(13-15-18)16-30-19-6-5-9-22(25(19)32)31-20-7-1-3-10-23(20)33-24-11-4-2-8-21(24)31;20-15-9-5-8-14(18(15)21)19-12-6-1-3-10-16(12)22-17-11-4-2-7-13(17)19/h1-4,7-8,10-15,19,22,25,30,32H,5-6,9,16H2;1-4,6-7,10-11,14-15,18,20-21H,5,8-9H2/t19-,22+,25+;14-,15-,18+/m10/s1. The summed E-state index contributed by atoms with van der Waals surface area (Å²) in [4.78, 5) is 4.30. The molecular weight excluding hydrogens is 723 g/mol. The van der Waals surface area contributed by atoms with E-state index in [9.17, 15) is 28.5 Å². The van der Waals surface area contributed by atoms with Crippen LogP contribution in [0.2, 0.25) is 0 Å². The molecule has 0 radical (unpaired) electrons. The molecule has 9 nitrogen and oxygen atoms in total. The fourth-order valence-corrected chi connectivity index (χ4v) is 8.32. The van der Waals surface area contributed by atoms with Gasteiger partial charge in [0, 0.05) is 12.6 Å². The summed E-state index contributed by atoms with van der Waals surface area (Å²) in [5.74, 6) is 2.83. The molecule has 0 amide bonds. The first-order valence-corrected chi connectivity index (χ1v) is 19.1. The highest BCUT2D eigenvalue weighted by Gasteiger charge is 2.41. The maximum atomic E-state index is 12.4. The van der Waals surface area contributed by atoms with E-state index in [1.807, 2.05) is 97.1 Å². The van der Waals surface area contributed by atoms with E-state index in [0.29, 0.717) is 13.0 Å². The van der Waals surface area contributed by atoms with Crippen LogP contribution in [0.25, 0.3) is 0 Å². The molecule has 4 N–H and O–H groups in total. The van der Waals surface area contributed by atoms with E-state index in [1.165, 1.54) is 12.1 Å². The molecule has 5 aromatic rings. The molecule has 2 heterocycles. The summed E-state index contributed by atoms with van der Waals surface area (Å²) >= 11 is 0. The van der Waals surface area contributed by atoms with E-state index < -0.39 is 24.7 Å². The Hall–Kier alpha value is -5.27. The van der Waals surface area contributed by atoms with Gasteiger partial charge in [-0.3, -0.25) is 0 Å². The van der Waals surface area contributed by atoms with Gasteiger partial charge in [0.05, 0.1) is 47.0 Å². The molecule has 12 heteroatoms. The van der Waals surface area contributed by atoms with Gasteiger partial charge in [0.1, 0.15) is 11.9 Å². The number of aliphatic hydroxyl groups is 3. The van der Waals surface area contributed by atoms with Gasteiger partial charge in [-0.1, -0.05) is 60.7 Å². The van der Waals surface area contributed by atoms with E-state index in [4.69, 9.17) is 9.47 Å². The molecule has 6 atom stereocenters. The van der Waals surface area contributed by atoms with Gasteiger partial charge in [0.15, 0.2) is 23.0 Å². The van der Waals surface area contributed by atoms with Crippen LogP contribution in [0.5, 0.6) is 28.7 Å². The number of anilines is 4. The average Bonchev–Trinajstić information content (AvgIpc) is 3.20. The molecule has 5 aromatic carbocycles. The van der Waals surface area contributed by atoms with Crippen LogP contribution in [0.15, 0.2) is 121 Å². The Morgan fingerprint density at radius 3 is 1.46 bits per heavy atom. The smallest absolute Gasteiger partial charge is 0.453 e. The largest absolute Gasteiger partial charge is 0.573 e. The quantitative estimate of drug-likeness (QED) is 0.135. The van der Waals surface area contributed by atoms with Crippen LogP contribution in [0.4, 0.5) is 35.9 Å². The van der Waals surface area contributed by atoms with Crippen molar-refractivity contribution in [2.75, 3.05) is 9.80 Å². The number of para-hydroxylation sites is 8. The zero-order chi connectivity index (χ0) is 38.8. The highest BCUT2D eigenvalue weighted by atomic mass is 19.4. The highest BCUT2D eigenvalue weighted by Crippen LogP contribution is 2.50. The summed E-state index contributed by atoms with van der Waals surface area (Å²) in [7, 11) is 0. The van der Waals surface area contributed by atoms with Gasteiger partial charge in [0.2, 0.25) is 0 Å². The molecule has 2 fully saturated rings. The van der Waals surface area contributed by atoms with Crippen molar-refractivity contribution in [2.45, 2.75) is 87.9 Å². The average molecular weight is 768 g/mol. The lowest BCUT2D eigenvalue weighted by atomic mass is 9.86. The Kier molecular flexibility index (Phi) is 10.8. The summed E-state index contributed by atoms with van der Waals surface area (Å²) in [6.45, 7) is 0.428. The lowest BCUT2D eigenvalue weighted by molar-refractivity contribution is -0.274. The summed E-state index contributed by atoms with van der Waals surface area (Å²) in [5, 5.41) is 35.4. The molecule has 292 valence electrons. The van der Waals surface area contributed by atoms with Crippen molar-refractivity contribution in [2.24, 2.45) is 0 Å². The number of fused-ring (bicyclic) bond motifs is 4. The van der Waals surface area contributed by atoms with Gasteiger partial charge in [-0.2, -0.15) is 0 Å². The van der Waals surface area contributed by atoms with Gasteiger partial charge in [-0.15, -0.1) is 13.2 Å². The molecule has 0 saturated heterocycles. The predicted octanol–water partition coefficient (Wildman–Crippen LogP) is 9.11. The molecule has 56 heavy (non-hydrogen) atoms. The number of ether oxygens (including phenoxy) is 3. The minimum absolute atomic E-state index is 0.144. The molecule has 9 rings (SSSR count). The molecule has 2 saturated carbocycles. The van der Waals surface area contributed by atoms with E-state index in [-0.39, 0.29) is 23.9 Å². The first kappa shape index (κ1) is 37.6. The number of halogens is 3. The summed E-state index contributed by atoms with van der Waals surface area (Å²) in [6, 6.07) is 36.6. The molecule has 0 spiro atoms. The van der Waals surface area contributed by atoms with Crippen molar-refractivity contribution in [1.29, 1.82) is 0 Å². The van der Waals surface area contributed by atoms with Gasteiger partial charge in [-0.05, 0) is 105 Å². The van der Waals surface area contributed by atoms with Crippen molar-refractivity contribution in [3.05, 3.63) is 127 Å². The van der Waals surface area contributed by atoms with E-state index in [0.717, 1.165) is 83.4 Å². The van der Waals surface area contributed by atoms with Crippen LogP contribution < -0.4 is 29.3 Å². The fraction of sp³-hybridized carbons (Fsp3) is 0.318. The topological polar surface area (TPSA) is 107 Å². The van der Waals surface area contributed by atoms with Crippen molar-refractivity contribution < 1.29 is 42.7 Å². The van der Waals surface area contributed by atoms with E-state index >= 15 is 0 Å². The molecule has 0 unspecified atom stereocenters. The number of nitrogens with zero attached hydrogens (tertiary/aromatic N) is 2. The van der Waals surface area contributed by atoms with Crippen LogP contribution in [0.3, 0.4) is 0 Å². The fourth-order valence-electron chi connectivity index (χ4n) is 8.32. The van der Waals surface area contributed by atoms with Gasteiger partial charge >= 0.3 is 6.36 Å². The van der Waals surface area contributed by atoms with Crippen molar-refractivity contribution in [3.63, 3.8) is 0 Å². The molecular formula is C44H44F3N3O6. The summed E-state index contributed by atoms with van der Waals surface area (Å²) in [5.41, 5.74) is 4.54. The Morgan fingerprint density at radius 1 is 0.571 bits per heavy atom. The zero-order valence-corrected chi connectivity index (χ0v) is 30.6. The third-order valence-electron chi connectivity index (χ3n) is 10.9. The minimum atomic E-state index is -4.71. The van der Waals surface area contributed by atoms with Crippen LogP contribution in [0, 0.1) is 0 Å². The maximum Gasteiger partial charge on any atom is 0.573 e. The number of aliphatic hydroxyl groups excluding tert-OH is 3. The number of benzene rings is 5. The molecule has 0 aromatic heterocycles. The van der Waals surface area contributed by atoms with Crippen LogP contribution >= 0.6 is 0 Å². The van der Waals surface area contributed by atoms with E-state index in [1.54, 1.807) is 12.1 Å². The highest BCUT2D eigenvalue weighted by molar-refractivity contribution is 5.79. The number of rotatable bonds is 6. The second-order valence-electron chi connectivity index (χ2n) is 14.5. The number of alkyl halides is 3. The summed E-state index contributed by atoms with van der Waals surface area (Å²) < 4.78 is 53.1. The molecule has 4 aliphatic rings. The third kappa shape index (κ3) is 7.88. The minimum Gasteiger partial charge on any atom is -0.453 e. The zero-order valence-electron chi connectivity index (χ0n) is 30.6. The normalized spacial score (nSPS) is 23.8. The number of hydrogen-bond donors (Lipinski definition) is 4. The maximum absolute atomic E-state index is 12.4. The van der Waals surface area contributed by atoms with Crippen molar-refractivity contribution in [1.82, 2.24) is 5.32 Å². The monoisotopic (exact) mass is 767 g/mol. The lowest BCUT2D eigenvalue weighted by Crippen LogP contribution is -2.54. The Bertz CT molecular complexity index is 2030. The second-order valence-corrected chi connectivity index (χ2v) is 14.5. The lowest BCUT2D eigenvalue weighted by Gasteiger charge is -2.45. The SMILES string of the molecule is O[C@H]1[C@@H](O)CCC[C@@H]1N1c2ccccc2Oc2ccccc21.O[C@H]1[C@H](NCc2ccc(OC(F)(F)F)cc2)CCC[C@@H]1N1c2ccccc2Oc2ccccc21. The van der Waals surface area contributed by atoms with Gasteiger partial charge in [-0.25, -0.2) is 0 Å². The van der Waals surface area contributed by atoms with Gasteiger partial charge in [0.25, 0.3) is 0 Å².